The number of nitrogens with zero attached hydrogens (tertiary/aromatic N) is 1. The number of carbonyl (C=O) groups excluding carboxylic acids is 1. The highest BCUT2D eigenvalue weighted by Crippen LogP contribution is 2.33. The molecule has 1 unspecified atom stereocenters. The Hall–Kier alpha value is -2.25. The molecule has 2 aromatic carbocycles. The molecule has 1 amide bonds. The minimum atomic E-state index is -3.76. The normalized spacial score (nSPS) is 17.5. The first-order valence-electron chi connectivity index (χ1n) is 8.59. The van der Waals surface area contributed by atoms with E-state index in [2.05, 4.69) is 4.72 Å². The fourth-order valence-corrected chi connectivity index (χ4v) is 4.36. The lowest BCUT2D eigenvalue weighted by atomic mass is 10.0. The third kappa shape index (κ3) is 3.64. The van der Waals surface area contributed by atoms with E-state index in [1.165, 1.54) is 6.07 Å². The van der Waals surface area contributed by atoms with Gasteiger partial charge in [-0.25, -0.2) is 17.5 Å². The number of nitrogens with one attached hydrogen (secondary N) is 1. The van der Waals surface area contributed by atoms with Crippen molar-refractivity contribution >= 4 is 15.9 Å². The Bertz CT molecular complexity index is 900. The van der Waals surface area contributed by atoms with Crippen molar-refractivity contribution in [3.63, 3.8) is 0 Å². The minimum absolute atomic E-state index is 0.112. The van der Waals surface area contributed by atoms with Gasteiger partial charge in [0, 0.05) is 13.1 Å². The Kier molecular flexibility index (Phi) is 5.38. The smallest absolute Gasteiger partial charge is 0.257 e. The second-order valence-corrected chi connectivity index (χ2v) is 7.98. The second-order valence-electron chi connectivity index (χ2n) is 6.21. The fraction of sp³-hybridized carbons (Fsp3) is 0.316. The molecule has 1 fully saturated rings. The van der Waals surface area contributed by atoms with Gasteiger partial charge in [-0.15, -0.1) is 0 Å². The maximum Gasteiger partial charge on any atom is 0.257 e. The molecule has 1 N–H and O–H groups in total. The summed E-state index contributed by atoms with van der Waals surface area (Å²) in [4.78, 5) is 14.5. The van der Waals surface area contributed by atoms with Crippen LogP contribution in [0.5, 0.6) is 0 Å². The number of hydrogen-bond acceptors (Lipinski definition) is 3. The predicted octanol–water partition coefficient (Wildman–Crippen LogP) is 3.10. The summed E-state index contributed by atoms with van der Waals surface area (Å²) in [5, 5.41) is 0. The van der Waals surface area contributed by atoms with Gasteiger partial charge in [-0.2, -0.15) is 0 Å². The molecule has 7 heteroatoms. The van der Waals surface area contributed by atoms with E-state index in [9.17, 15) is 17.6 Å². The molecule has 1 aliphatic rings. The summed E-state index contributed by atoms with van der Waals surface area (Å²) in [6, 6.07) is 12.8. The SMILES string of the molecule is CCNS(=O)(=O)c1ccc(F)c(C(=O)N2CCCC2c2ccccc2)c1. The highest BCUT2D eigenvalue weighted by atomic mass is 32.2. The van der Waals surface area contributed by atoms with E-state index in [4.69, 9.17) is 0 Å². The van der Waals surface area contributed by atoms with Crippen LogP contribution in [0.25, 0.3) is 0 Å². The van der Waals surface area contributed by atoms with Crippen molar-refractivity contribution in [2.24, 2.45) is 0 Å². The van der Waals surface area contributed by atoms with Gasteiger partial charge in [0.2, 0.25) is 10.0 Å². The maximum atomic E-state index is 14.3. The molecule has 2 aromatic rings. The van der Waals surface area contributed by atoms with Crippen molar-refractivity contribution in [2.45, 2.75) is 30.7 Å². The van der Waals surface area contributed by atoms with Gasteiger partial charge in [0.15, 0.2) is 0 Å². The van der Waals surface area contributed by atoms with Crippen LogP contribution >= 0.6 is 0 Å². The molecule has 0 saturated carbocycles. The van der Waals surface area contributed by atoms with Crippen LogP contribution in [0.3, 0.4) is 0 Å². The fourth-order valence-electron chi connectivity index (χ4n) is 3.30. The van der Waals surface area contributed by atoms with Crippen molar-refractivity contribution in [3.05, 3.63) is 65.5 Å². The van der Waals surface area contributed by atoms with Gasteiger partial charge in [0.05, 0.1) is 16.5 Å². The van der Waals surface area contributed by atoms with E-state index in [1.807, 2.05) is 30.3 Å². The molecule has 1 aliphatic heterocycles. The molecular formula is C19H21FN2O3S. The van der Waals surface area contributed by atoms with E-state index in [-0.39, 0.29) is 23.0 Å². The maximum absolute atomic E-state index is 14.3. The standard InChI is InChI=1S/C19H21FN2O3S/c1-2-21-26(24,25)15-10-11-17(20)16(13-15)19(23)22-12-6-9-18(22)14-7-4-3-5-8-14/h3-5,7-8,10-11,13,18,21H,2,6,9,12H2,1H3. The van der Waals surface area contributed by atoms with Crippen LogP contribution in [0.1, 0.15) is 41.7 Å². The monoisotopic (exact) mass is 376 g/mol. The molecule has 0 aliphatic carbocycles. The van der Waals surface area contributed by atoms with E-state index in [1.54, 1.807) is 11.8 Å². The zero-order valence-electron chi connectivity index (χ0n) is 14.5. The quantitative estimate of drug-likeness (QED) is 0.872. The summed E-state index contributed by atoms with van der Waals surface area (Å²) in [5.41, 5.74) is 0.780. The molecule has 0 aromatic heterocycles. The van der Waals surface area contributed by atoms with Crippen molar-refractivity contribution in [2.75, 3.05) is 13.1 Å². The van der Waals surface area contributed by atoms with Gasteiger partial charge in [0.1, 0.15) is 5.82 Å². The van der Waals surface area contributed by atoms with Crippen molar-refractivity contribution in [1.29, 1.82) is 0 Å². The van der Waals surface area contributed by atoms with Crippen LogP contribution in [0.4, 0.5) is 4.39 Å². The van der Waals surface area contributed by atoms with Crippen LogP contribution in [0.2, 0.25) is 0 Å². The largest absolute Gasteiger partial charge is 0.332 e. The molecule has 1 heterocycles. The molecule has 138 valence electrons. The number of carbonyl (C=O) groups is 1. The molecule has 26 heavy (non-hydrogen) atoms. The lowest BCUT2D eigenvalue weighted by Crippen LogP contribution is -2.31. The molecule has 0 bridgehead atoms. The molecule has 0 spiro atoms. The Labute approximate surface area is 152 Å². The van der Waals surface area contributed by atoms with Crippen LogP contribution in [-0.4, -0.2) is 32.3 Å². The Balaban J connectivity index is 1.94. The Morgan fingerprint density at radius 1 is 1.23 bits per heavy atom. The number of sulfonamides is 1. The Morgan fingerprint density at radius 2 is 1.96 bits per heavy atom. The van der Waals surface area contributed by atoms with Crippen LogP contribution < -0.4 is 4.72 Å². The van der Waals surface area contributed by atoms with Gasteiger partial charge in [-0.1, -0.05) is 37.3 Å². The summed E-state index contributed by atoms with van der Waals surface area (Å²) in [5.74, 6) is -1.20. The van der Waals surface area contributed by atoms with Gasteiger partial charge in [-0.05, 0) is 36.6 Å². The second kappa shape index (κ2) is 7.55. The first-order valence-corrected chi connectivity index (χ1v) is 10.1. The predicted molar refractivity (Wildman–Crippen MR) is 96.7 cm³/mol. The topological polar surface area (TPSA) is 66.5 Å². The summed E-state index contributed by atoms with van der Waals surface area (Å²) in [6.45, 7) is 2.38. The zero-order chi connectivity index (χ0) is 18.7. The van der Waals surface area contributed by atoms with E-state index >= 15 is 0 Å². The number of halogens is 1. The number of benzene rings is 2. The van der Waals surface area contributed by atoms with Crippen LogP contribution in [0, 0.1) is 5.82 Å². The molecule has 1 saturated heterocycles. The number of likely N-dealkylation sites (tertiary alicyclic amines) is 1. The molecule has 5 nitrogen and oxygen atoms in total. The van der Waals surface area contributed by atoms with Gasteiger partial charge in [-0.3, -0.25) is 4.79 Å². The summed E-state index contributed by atoms with van der Waals surface area (Å²) in [6.07, 6.45) is 1.62. The Morgan fingerprint density at radius 3 is 2.65 bits per heavy atom. The van der Waals surface area contributed by atoms with Gasteiger partial charge in [0.25, 0.3) is 5.91 Å². The molecule has 1 atom stereocenters. The van der Waals surface area contributed by atoms with Crippen molar-refractivity contribution in [3.8, 4) is 0 Å². The first-order chi connectivity index (χ1) is 12.4. The minimum Gasteiger partial charge on any atom is -0.332 e. The van der Waals surface area contributed by atoms with E-state index < -0.39 is 21.7 Å². The van der Waals surface area contributed by atoms with Crippen LogP contribution in [0.15, 0.2) is 53.4 Å². The van der Waals surface area contributed by atoms with E-state index in [0.717, 1.165) is 30.5 Å². The average Bonchev–Trinajstić information content (AvgIpc) is 3.12. The van der Waals surface area contributed by atoms with Gasteiger partial charge < -0.3 is 4.90 Å². The number of amides is 1. The highest BCUT2D eigenvalue weighted by Gasteiger charge is 2.32. The van der Waals surface area contributed by atoms with Crippen molar-refractivity contribution in [1.82, 2.24) is 9.62 Å². The molecule has 3 rings (SSSR count). The average molecular weight is 376 g/mol. The third-order valence-electron chi connectivity index (χ3n) is 4.51. The molecular weight excluding hydrogens is 355 g/mol. The van der Waals surface area contributed by atoms with Crippen molar-refractivity contribution < 1.29 is 17.6 Å². The lowest BCUT2D eigenvalue weighted by Gasteiger charge is -2.25. The number of hydrogen-bond donors (Lipinski definition) is 1. The lowest BCUT2D eigenvalue weighted by molar-refractivity contribution is 0.0730. The third-order valence-corrected chi connectivity index (χ3v) is 6.05. The summed E-state index contributed by atoms with van der Waals surface area (Å²) < 4.78 is 41.0. The highest BCUT2D eigenvalue weighted by molar-refractivity contribution is 7.89. The summed E-state index contributed by atoms with van der Waals surface area (Å²) >= 11 is 0. The van der Waals surface area contributed by atoms with Crippen LogP contribution in [-0.2, 0) is 10.0 Å². The first kappa shape index (κ1) is 18.5. The number of rotatable bonds is 5. The van der Waals surface area contributed by atoms with Gasteiger partial charge >= 0.3 is 0 Å². The molecule has 0 radical (unpaired) electrons. The zero-order valence-corrected chi connectivity index (χ0v) is 15.3. The summed E-state index contributed by atoms with van der Waals surface area (Å²) in [7, 11) is -3.76. The van der Waals surface area contributed by atoms with E-state index in [0.29, 0.717) is 6.54 Å².